The van der Waals surface area contributed by atoms with Crippen LogP contribution in [0.25, 0.3) is 0 Å². The van der Waals surface area contributed by atoms with Gasteiger partial charge in [-0.2, -0.15) is 0 Å². The van der Waals surface area contributed by atoms with Gasteiger partial charge in [0.15, 0.2) is 4.32 Å². The number of methoxy groups -OCH3 is 2. The van der Waals surface area contributed by atoms with Crippen LogP contribution in [0.15, 0.2) is 23.8 Å². The van der Waals surface area contributed by atoms with Crippen molar-refractivity contribution < 1.29 is 28.6 Å². The van der Waals surface area contributed by atoms with E-state index in [1.54, 1.807) is 6.08 Å². The molecule has 20 heavy (non-hydrogen) atoms. The fraction of sp³-hybridized carbons (Fsp3) is 0.462. The maximum atomic E-state index is 11.9. The van der Waals surface area contributed by atoms with Gasteiger partial charge in [-0.1, -0.05) is 15.9 Å². The lowest BCUT2D eigenvalue weighted by molar-refractivity contribution is -0.167. The van der Waals surface area contributed by atoms with Crippen LogP contribution in [0.1, 0.15) is 6.42 Å². The number of fused-ring (bicyclic) bond motifs is 2. The van der Waals surface area contributed by atoms with Gasteiger partial charge in [0, 0.05) is 12.5 Å². The molecule has 7 heteroatoms. The van der Waals surface area contributed by atoms with Crippen molar-refractivity contribution in [3.05, 3.63) is 23.8 Å². The Bertz CT molecular complexity index is 523. The van der Waals surface area contributed by atoms with Gasteiger partial charge in [0.05, 0.1) is 20.1 Å². The van der Waals surface area contributed by atoms with E-state index in [0.717, 1.165) is 0 Å². The minimum absolute atomic E-state index is 0.307. The van der Waals surface area contributed by atoms with E-state index in [9.17, 15) is 14.4 Å². The highest BCUT2D eigenvalue weighted by atomic mass is 79.9. The normalized spacial score (nSPS) is 31.8. The summed E-state index contributed by atoms with van der Waals surface area (Å²) in [5, 5.41) is 0. The van der Waals surface area contributed by atoms with Gasteiger partial charge in [0.2, 0.25) is 0 Å². The number of hydrogen-bond donors (Lipinski definition) is 0. The molecule has 1 aliphatic carbocycles. The molecule has 1 fully saturated rings. The molecule has 0 N–H and O–H groups in total. The van der Waals surface area contributed by atoms with Crippen LogP contribution < -0.4 is 0 Å². The van der Waals surface area contributed by atoms with Crippen LogP contribution in [0.2, 0.25) is 0 Å². The van der Waals surface area contributed by atoms with Crippen LogP contribution in [0.3, 0.4) is 0 Å². The quantitative estimate of drug-likeness (QED) is 0.327. The Labute approximate surface area is 123 Å². The molecular weight excluding hydrogens is 332 g/mol. The molecule has 0 amide bonds. The van der Waals surface area contributed by atoms with Gasteiger partial charge in [0.25, 0.3) is 0 Å². The average molecular weight is 345 g/mol. The smallest absolute Gasteiger partial charge is 0.330 e. The van der Waals surface area contributed by atoms with Gasteiger partial charge >= 0.3 is 17.9 Å². The van der Waals surface area contributed by atoms with Crippen LogP contribution in [-0.2, 0) is 28.6 Å². The summed E-state index contributed by atoms with van der Waals surface area (Å²) in [6, 6.07) is 0. The Hall–Kier alpha value is -1.63. The Balaban J connectivity index is 2.32. The van der Waals surface area contributed by atoms with Gasteiger partial charge < -0.3 is 14.2 Å². The second kappa shape index (κ2) is 5.40. The summed E-state index contributed by atoms with van der Waals surface area (Å²) in [5.74, 6) is -2.16. The lowest BCUT2D eigenvalue weighted by atomic mass is 9.76. The summed E-state index contributed by atoms with van der Waals surface area (Å²) < 4.78 is 13.2. The second-order valence-corrected chi connectivity index (χ2v) is 5.79. The van der Waals surface area contributed by atoms with E-state index in [0.29, 0.717) is 12.0 Å². The number of carbonyl (C=O) groups excluding carboxylic acids is 3. The summed E-state index contributed by atoms with van der Waals surface area (Å²) in [7, 11) is 2.54. The second-order valence-electron chi connectivity index (χ2n) is 4.47. The Kier molecular flexibility index (Phi) is 3.99. The molecule has 0 aromatic carbocycles. The molecule has 2 aliphatic heterocycles. The summed E-state index contributed by atoms with van der Waals surface area (Å²) in [6.07, 6.45) is 4.10. The Morgan fingerprint density at radius 2 is 2.15 bits per heavy atom. The zero-order chi connectivity index (χ0) is 14.9. The molecule has 3 rings (SSSR count). The number of carbonyl (C=O) groups is 3. The molecule has 108 valence electrons. The number of ether oxygens (including phenoxy) is 3. The predicted molar refractivity (Wildman–Crippen MR) is 70.9 cm³/mol. The molecule has 0 saturated carbocycles. The molecule has 1 saturated heterocycles. The van der Waals surface area contributed by atoms with Crippen molar-refractivity contribution in [3.8, 4) is 0 Å². The molecule has 0 radical (unpaired) electrons. The largest absolute Gasteiger partial charge is 0.469 e. The van der Waals surface area contributed by atoms with E-state index >= 15 is 0 Å². The average Bonchev–Trinajstić information content (AvgIpc) is 2.44. The number of hydrogen-bond acceptors (Lipinski definition) is 6. The van der Waals surface area contributed by atoms with Gasteiger partial charge in [-0.3, -0.25) is 9.59 Å². The number of alkyl halides is 1. The molecule has 3 atom stereocenters. The van der Waals surface area contributed by atoms with Crippen LogP contribution >= 0.6 is 15.9 Å². The highest BCUT2D eigenvalue weighted by molar-refractivity contribution is 9.10. The van der Waals surface area contributed by atoms with Crippen molar-refractivity contribution in [3.63, 3.8) is 0 Å². The molecule has 6 nitrogen and oxygen atoms in total. The van der Waals surface area contributed by atoms with Crippen LogP contribution in [0.4, 0.5) is 0 Å². The predicted octanol–water partition coefficient (Wildman–Crippen LogP) is 0.894. The van der Waals surface area contributed by atoms with E-state index in [4.69, 9.17) is 9.47 Å². The fourth-order valence-corrected chi connectivity index (χ4v) is 3.02. The summed E-state index contributed by atoms with van der Waals surface area (Å²) >= 11 is 3.27. The van der Waals surface area contributed by atoms with Gasteiger partial charge in [-0.05, 0) is 17.7 Å². The zero-order valence-electron chi connectivity index (χ0n) is 10.9. The van der Waals surface area contributed by atoms with Crippen molar-refractivity contribution in [2.45, 2.75) is 16.8 Å². The SMILES string of the molecule is COC(=O)/C=C/C1=CC2(Br)C(=O)OC1CC2C(=O)OC. The van der Waals surface area contributed by atoms with E-state index in [-0.39, 0.29) is 0 Å². The molecular formula is C13H13BrO6. The molecule has 2 heterocycles. The van der Waals surface area contributed by atoms with Gasteiger partial charge in [-0.25, -0.2) is 4.79 Å². The lowest BCUT2D eigenvalue weighted by Gasteiger charge is -2.43. The van der Waals surface area contributed by atoms with Crippen LogP contribution in [-0.4, -0.2) is 42.6 Å². The van der Waals surface area contributed by atoms with Crippen molar-refractivity contribution in [2.75, 3.05) is 14.2 Å². The first kappa shape index (κ1) is 14.8. The van der Waals surface area contributed by atoms with Crippen LogP contribution in [0.5, 0.6) is 0 Å². The van der Waals surface area contributed by atoms with E-state index in [1.165, 1.54) is 26.4 Å². The first-order valence-corrected chi connectivity index (χ1v) is 6.68. The van der Waals surface area contributed by atoms with Crippen molar-refractivity contribution in [1.29, 1.82) is 0 Å². The molecule has 0 aromatic rings. The minimum atomic E-state index is -1.25. The minimum Gasteiger partial charge on any atom is -0.469 e. The third-order valence-corrected chi connectivity index (χ3v) is 4.47. The maximum absolute atomic E-state index is 11.9. The standard InChI is InChI=1S/C13H13BrO6/c1-18-10(15)4-3-7-6-13(14)8(11(16)19-2)5-9(7)20-12(13)17/h3-4,6,8-9H,5H2,1-2H3/b4-3+. The van der Waals surface area contributed by atoms with E-state index in [1.807, 2.05) is 0 Å². The Morgan fingerprint density at radius 1 is 1.45 bits per heavy atom. The highest BCUT2D eigenvalue weighted by Gasteiger charge is 2.57. The molecule has 3 aliphatic rings. The molecule has 3 unspecified atom stereocenters. The van der Waals surface area contributed by atoms with Crippen LogP contribution in [0, 0.1) is 5.92 Å². The van der Waals surface area contributed by atoms with E-state index in [2.05, 4.69) is 20.7 Å². The summed E-state index contributed by atoms with van der Waals surface area (Å²) in [6.45, 7) is 0. The van der Waals surface area contributed by atoms with Gasteiger partial charge in [-0.15, -0.1) is 0 Å². The molecule has 0 spiro atoms. The topological polar surface area (TPSA) is 78.9 Å². The van der Waals surface area contributed by atoms with E-state index < -0.39 is 34.3 Å². The highest BCUT2D eigenvalue weighted by Crippen LogP contribution is 2.46. The first-order valence-electron chi connectivity index (χ1n) is 5.89. The monoisotopic (exact) mass is 344 g/mol. The maximum Gasteiger partial charge on any atom is 0.330 e. The molecule has 2 bridgehead atoms. The summed E-state index contributed by atoms with van der Waals surface area (Å²) in [5.41, 5.74) is 0.645. The van der Waals surface area contributed by atoms with Crippen molar-refractivity contribution in [2.24, 2.45) is 5.92 Å². The third kappa shape index (κ3) is 2.37. The number of rotatable bonds is 3. The van der Waals surface area contributed by atoms with Crippen molar-refractivity contribution in [1.82, 2.24) is 0 Å². The molecule has 0 aromatic heterocycles. The van der Waals surface area contributed by atoms with Crippen molar-refractivity contribution >= 4 is 33.8 Å². The summed E-state index contributed by atoms with van der Waals surface area (Å²) in [4.78, 5) is 34.8. The number of esters is 3. The van der Waals surface area contributed by atoms with Gasteiger partial charge in [0.1, 0.15) is 6.10 Å². The Morgan fingerprint density at radius 3 is 2.75 bits per heavy atom. The third-order valence-electron chi connectivity index (χ3n) is 3.37. The first-order chi connectivity index (χ1) is 9.42. The number of halogens is 1. The zero-order valence-corrected chi connectivity index (χ0v) is 12.5. The lowest BCUT2D eigenvalue weighted by Crippen LogP contribution is -2.55. The fourth-order valence-electron chi connectivity index (χ4n) is 2.29.